The summed E-state index contributed by atoms with van der Waals surface area (Å²) in [5.74, 6) is 0.728. The van der Waals surface area contributed by atoms with Gasteiger partial charge in [0.25, 0.3) is 0 Å². The molecule has 0 saturated carbocycles. The fraction of sp³-hybridized carbons (Fsp3) is 0.364. The lowest BCUT2D eigenvalue weighted by atomic mass is 10.1. The van der Waals surface area contributed by atoms with Crippen molar-refractivity contribution in [2.45, 2.75) is 12.7 Å². The third kappa shape index (κ3) is 3.07. The molecule has 0 N–H and O–H groups in total. The Kier molecular flexibility index (Phi) is 4.53. The standard InChI is InChI=1S/C11H14O2S/c1-3-13-11(12)10-6-4-9(5-7-10)8-14-2/h4-7H,3,8H2,1-2H3. The van der Waals surface area contributed by atoms with Crippen LogP contribution in [0.1, 0.15) is 22.8 Å². The molecular formula is C11H14O2S. The Bertz CT molecular complexity index is 293. The Morgan fingerprint density at radius 1 is 1.36 bits per heavy atom. The summed E-state index contributed by atoms with van der Waals surface area (Å²) >= 11 is 1.76. The van der Waals surface area contributed by atoms with Crippen LogP contribution in [0.25, 0.3) is 0 Å². The second-order valence-corrected chi connectivity index (χ2v) is 3.72. The van der Waals surface area contributed by atoms with Crippen LogP contribution in [-0.4, -0.2) is 18.8 Å². The number of benzene rings is 1. The van der Waals surface area contributed by atoms with Gasteiger partial charge in [-0.25, -0.2) is 4.79 Å². The van der Waals surface area contributed by atoms with Gasteiger partial charge in [-0.15, -0.1) is 0 Å². The molecule has 0 saturated heterocycles. The quantitative estimate of drug-likeness (QED) is 0.715. The van der Waals surface area contributed by atoms with Gasteiger partial charge in [0.15, 0.2) is 0 Å². The van der Waals surface area contributed by atoms with Crippen molar-refractivity contribution < 1.29 is 9.53 Å². The van der Waals surface area contributed by atoms with Gasteiger partial charge >= 0.3 is 5.97 Å². The third-order valence-corrected chi connectivity index (χ3v) is 2.40. The molecule has 76 valence electrons. The van der Waals surface area contributed by atoms with Crippen molar-refractivity contribution in [2.75, 3.05) is 12.9 Å². The molecular weight excluding hydrogens is 196 g/mol. The summed E-state index contributed by atoms with van der Waals surface area (Å²) in [7, 11) is 0. The van der Waals surface area contributed by atoms with Crippen LogP contribution in [0.4, 0.5) is 0 Å². The van der Waals surface area contributed by atoms with Crippen molar-refractivity contribution in [3.8, 4) is 0 Å². The lowest BCUT2D eigenvalue weighted by molar-refractivity contribution is 0.0526. The van der Waals surface area contributed by atoms with E-state index < -0.39 is 0 Å². The molecule has 0 aliphatic rings. The van der Waals surface area contributed by atoms with Crippen molar-refractivity contribution in [1.29, 1.82) is 0 Å². The monoisotopic (exact) mass is 210 g/mol. The Balaban J connectivity index is 2.67. The van der Waals surface area contributed by atoms with Crippen molar-refractivity contribution >= 4 is 17.7 Å². The van der Waals surface area contributed by atoms with Gasteiger partial charge in [-0.3, -0.25) is 0 Å². The van der Waals surface area contributed by atoms with Crippen molar-refractivity contribution in [1.82, 2.24) is 0 Å². The molecule has 0 aliphatic carbocycles. The van der Waals surface area contributed by atoms with E-state index in [1.165, 1.54) is 5.56 Å². The molecule has 2 nitrogen and oxygen atoms in total. The predicted octanol–water partition coefficient (Wildman–Crippen LogP) is 2.73. The highest BCUT2D eigenvalue weighted by atomic mass is 32.2. The van der Waals surface area contributed by atoms with Gasteiger partial charge < -0.3 is 4.74 Å². The highest BCUT2D eigenvalue weighted by Gasteiger charge is 2.04. The maximum absolute atomic E-state index is 11.3. The van der Waals surface area contributed by atoms with E-state index in [0.717, 1.165) is 5.75 Å². The Morgan fingerprint density at radius 3 is 2.50 bits per heavy atom. The van der Waals surface area contributed by atoms with E-state index in [2.05, 4.69) is 6.26 Å². The number of carbonyl (C=O) groups excluding carboxylic acids is 1. The van der Waals surface area contributed by atoms with Crippen molar-refractivity contribution in [3.05, 3.63) is 35.4 Å². The molecule has 1 rings (SSSR count). The molecule has 0 bridgehead atoms. The number of carbonyl (C=O) groups is 1. The average molecular weight is 210 g/mol. The molecule has 0 aromatic heterocycles. The Morgan fingerprint density at radius 2 is 2.00 bits per heavy atom. The van der Waals surface area contributed by atoms with Gasteiger partial charge in [0, 0.05) is 5.75 Å². The first-order valence-electron chi connectivity index (χ1n) is 4.53. The first kappa shape index (κ1) is 11.1. The SMILES string of the molecule is CCOC(=O)c1ccc(CSC)cc1. The maximum atomic E-state index is 11.3. The normalized spacial score (nSPS) is 9.86. The van der Waals surface area contributed by atoms with Crippen molar-refractivity contribution in [2.24, 2.45) is 0 Å². The zero-order valence-corrected chi connectivity index (χ0v) is 9.26. The first-order valence-corrected chi connectivity index (χ1v) is 5.92. The summed E-state index contributed by atoms with van der Waals surface area (Å²) in [5, 5.41) is 0. The van der Waals surface area contributed by atoms with Crippen LogP contribution in [0.2, 0.25) is 0 Å². The van der Waals surface area contributed by atoms with E-state index in [0.29, 0.717) is 12.2 Å². The predicted molar refractivity (Wildman–Crippen MR) is 59.6 cm³/mol. The fourth-order valence-corrected chi connectivity index (χ4v) is 1.64. The van der Waals surface area contributed by atoms with Gasteiger partial charge in [0.2, 0.25) is 0 Å². The van der Waals surface area contributed by atoms with Crippen LogP contribution in [0.5, 0.6) is 0 Å². The smallest absolute Gasteiger partial charge is 0.338 e. The zero-order chi connectivity index (χ0) is 10.4. The van der Waals surface area contributed by atoms with Crippen molar-refractivity contribution in [3.63, 3.8) is 0 Å². The molecule has 14 heavy (non-hydrogen) atoms. The number of ether oxygens (including phenoxy) is 1. The molecule has 1 aromatic carbocycles. The molecule has 0 fully saturated rings. The van der Waals surface area contributed by atoms with E-state index in [9.17, 15) is 4.79 Å². The molecule has 0 aliphatic heterocycles. The van der Waals surface area contributed by atoms with Crippen LogP contribution in [-0.2, 0) is 10.5 Å². The van der Waals surface area contributed by atoms with Gasteiger partial charge in [0.1, 0.15) is 0 Å². The van der Waals surface area contributed by atoms with Crippen LogP contribution in [0.3, 0.4) is 0 Å². The topological polar surface area (TPSA) is 26.3 Å². The maximum Gasteiger partial charge on any atom is 0.338 e. The Labute approximate surface area is 88.7 Å². The second-order valence-electron chi connectivity index (χ2n) is 2.85. The number of thioether (sulfide) groups is 1. The number of esters is 1. The summed E-state index contributed by atoms with van der Waals surface area (Å²) in [6.45, 7) is 2.23. The van der Waals surface area contributed by atoms with Gasteiger partial charge in [0.05, 0.1) is 12.2 Å². The number of hydrogen-bond acceptors (Lipinski definition) is 3. The molecule has 0 heterocycles. The molecule has 0 unspecified atom stereocenters. The molecule has 0 atom stereocenters. The second kappa shape index (κ2) is 5.70. The zero-order valence-electron chi connectivity index (χ0n) is 8.45. The summed E-state index contributed by atoms with van der Waals surface area (Å²) in [4.78, 5) is 11.3. The third-order valence-electron chi connectivity index (χ3n) is 1.78. The van der Waals surface area contributed by atoms with E-state index in [1.807, 2.05) is 24.3 Å². The lowest BCUT2D eigenvalue weighted by Gasteiger charge is -2.02. The van der Waals surface area contributed by atoms with Crippen LogP contribution in [0, 0.1) is 0 Å². The number of hydrogen-bond donors (Lipinski definition) is 0. The van der Waals surface area contributed by atoms with Crippen LogP contribution in [0.15, 0.2) is 24.3 Å². The van der Waals surface area contributed by atoms with E-state index >= 15 is 0 Å². The largest absolute Gasteiger partial charge is 0.462 e. The minimum absolute atomic E-state index is 0.247. The Hall–Kier alpha value is -0.960. The summed E-state index contributed by atoms with van der Waals surface area (Å²) in [6, 6.07) is 7.54. The van der Waals surface area contributed by atoms with E-state index in [4.69, 9.17) is 4.74 Å². The van der Waals surface area contributed by atoms with E-state index in [1.54, 1.807) is 18.7 Å². The lowest BCUT2D eigenvalue weighted by Crippen LogP contribution is -2.04. The molecule has 1 aromatic rings. The average Bonchev–Trinajstić information content (AvgIpc) is 2.20. The molecule has 0 radical (unpaired) electrons. The molecule has 0 amide bonds. The van der Waals surface area contributed by atoms with E-state index in [-0.39, 0.29) is 5.97 Å². The highest BCUT2D eigenvalue weighted by molar-refractivity contribution is 7.97. The van der Waals surface area contributed by atoms with Gasteiger partial charge in [-0.1, -0.05) is 12.1 Å². The minimum atomic E-state index is -0.247. The van der Waals surface area contributed by atoms with Crippen LogP contribution < -0.4 is 0 Å². The summed E-state index contributed by atoms with van der Waals surface area (Å²) in [6.07, 6.45) is 2.05. The summed E-state index contributed by atoms with van der Waals surface area (Å²) < 4.78 is 4.88. The van der Waals surface area contributed by atoms with Gasteiger partial charge in [-0.05, 0) is 30.9 Å². The summed E-state index contributed by atoms with van der Waals surface area (Å²) in [5.41, 5.74) is 1.85. The number of rotatable bonds is 4. The minimum Gasteiger partial charge on any atom is -0.462 e. The van der Waals surface area contributed by atoms with Gasteiger partial charge in [-0.2, -0.15) is 11.8 Å². The van der Waals surface area contributed by atoms with Crippen LogP contribution >= 0.6 is 11.8 Å². The molecule has 3 heteroatoms. The highest BCUT2D eigenvalue weighted by Crippen LogP contribution is 2.11. The first-order chi connectivity index (χ1) is 6.77. The fourth-order valence-electron chi connectivity index (χ4n) is 1.12. The molecule has 0 spiro atoms.